The number of aliphatic imine (C=N–C) groups is 1. The Bertz CT molecular complexity index is 3750. The van der Waals surface area contributed by atoms with Crippen LogP contribution in [0.2, 0.25) is 0 Å². The molecule has 0 amide bonds. The third-order valence-corrected chi connectivity index (χ3v) is 16.4. The Balaban J connectivity index is 0.803. The average molecular weight is 902 g/mol. The molecule has 70 heavy (non-hydrogen) atoms. The fraction of sp³-hybridized carbons (Fsp3) is 0.154. The van der Waals surface area contributed by atoms with Crippen LogP contribution in [0.25, 0.3) is 49.9 Å². The van der Waals surface area contributed by atoms with E-state index in [1.165, 1.54) is 94.3 Å². The predicted octanol–water partition coefficient (Wildman–Crippen LogP) is 13.8. The lowest BCUT2D eigenvalue weighted by Gasteiger charge is -2.42. The van der Waals surface area contributed by atoms with Crippen LogP contribution < -0.4 is 10.6 Å². The van der Waals surface area contributed by atoms with Crippen molar-refractivity contribution < 1.29 is 0 Å². The second kappa shape index (κ2) is 15.8. The van der Waals surface area contributed by atoms with E-state index < -0.39 is 0 Å². The number of nitrogens with one attached hydrogen (secondary N) is 2. The van der Waals surface area contributed by atoms with Crippen molar-refractivity contribution in [1.82, 2.24) is 20.1 Å². The van der Waals surface area contributed by atoms with Crippen molar-refractivity contribution in [3.63, 3.8) is 0 Å². The van der Waals surface area contributed by atoms with Gasteiger partial charge in [-0.15, -0.1) is 0 Å². The summed E-state index contributed by atoms with van der Waals surface area (Å²) >= 11 is 0. The topological polar surface area (TPSA) is 44.6 Å². The summed E-state index contributed by atoms with van der Waals surface area (Å²) in [5.41, 5.74) is 18.6. The summed E-state index contributed by atoms with van der Waals surface area (Å²) in [5, 5.41) is 13.2. The first kappa shape index (κ1) is 40.0. The van der Waals surface area contributed by atoms with Gasteiger partial charge >= 0.3 is 0 Å². The summed E-state index contributed by atoms with van der Waals surface area (Å²) in [4.78, 5) is 8.12. The minimum atomic E-state index is -0.220. The molecule has 0 fully saturated rings. The van der Waals surface area contributed by atoms with Gasteiger partial charge in [0, 0.05) is 74.1 Å². The monoisotopic (exact) mass is 901 g/mol. The molecule has 7 unspecified atom stereocenters. The van der Waals surface area contributed by atoms with Gasteiger partial charge in [0.1, 0.15) is 12.0 Å². The lowest BCUT2D eigenvalue weighted by atomic mass is 9.73. The molecule has 0 spiro atoms. The highest BCUT2D eigenvalue weighted by Gasteiger charge is 2.43. The molecule has 6 aromatic carbocycles. The third kappa shape index (κ3) is 6.17. The molecule has 3 heterocycles. The number of rotatable bonds is 5. The van der Waals surface area contributed by atoms with Crippen molar-refractivity contribution in [1.29, 1.82) is 0 Å². The standard InChI is InChI=1S/C65H51N5/c1-2-16-41(17-3-1)63-66-64(68-65(67-63)58-37-45-20-7-8-22-48(45)51-24-10-11-25-52(51)58)55-27-14-21-44-35-46(30-33-49(44)55)69-60-34-31-47(39-57(60)56-36-42-18-4-5-19-43(42)38-61(56)69)70-59-28-13-12-26-53(59)54-32-29-40-15-6-9-23-50(40)62(54)70/h1-30,32-33,35,37-39,45,48-49,55-56,64-65,68H,31,34,36H2,(H,66,67). The third-order valence-electron chi connectivity index (χ3n) is 16.4. The van der Waals surface area contributed by atoms with Crippen LogP contribution >= 0.6 is 0 Å². The number of hydrogen-bond donors (Lipinski definition) is 2. The number of amidine groups is 1. The lowest BCUT2D eigenvalue weighted by molar-refractivity contribution is 0.315. The van der Waals surface area contributed by atoms with Gasteiger partial charge < -0.3 is 14.8 Å². The van der Waals surface area contributed by atoms with E-state index in [1.807, 2.05) is 0 Å². The van der Waals surface area contributed by atoms with Gasteiger partial charge in [-0.1, -0.05) is 188 Å². The predicted molar refractivity (Wildman–Crippen MR) is 288 cm³/mol. The van der Waals surface area contributed by atoms with E-state index >= 15 is 0 Å². The number of allylic oxidation sites excluding steroid dienone is 15. The van der Waals surface area contributed by atoms with E-state index in [2.05, 4.69) is 239 Å². The molecule has 5 nitrogen and oxygen atoms in total. The summed E-state index contributed by atoms with van der Waals surface area (Å²) < 4.78 is 2.60. The molecule has 336 valence electrons. The van der Waals surface area contributed by atoms with Crippen LogP contribution in [0.3, 0.4) is 0 Å². The molecular formula is C65H51N5. The number of fused-ring (bicyclic) bond motifs is 12. The second-order valence-corrected chi connectivity index (χ2v) is 20.1. The van der Waals surface area contributed by atoms with E-state index in [0.29, 0.717) is 11.8 Å². The Labute approximate surface area is 408 Å². The van der Waals surface area contributed by atoms with E-state index in [1.54, 1.807) is 0 Å². The van der Waals surface area contributed by atoms with E-state index in [9.17, 15) is 0 Å². The summed E-state index contributed by atoms with van der Waals surface area (Å²) in [7, 11) is 0. The molecule has 0 bridgehead atoms. The molecule has 7 atom stereocenters. The molecule has 2 N–H and O–H groups in total. The van der Waals surface area contributed by atoms with Crippen LogP contribution in [0, 0.1) is 23.7 Å². The smallest absolute Gasteiger partial charge is 0.131 e. The molecule has 0 radical (unpaired) electrons. The molecular weight excluding hydrogens is 851 g/mol. The van der Waals surface area contributed by atoms with E-state index in [0.717, 1.165) is 30.7 Å². The van der Waals surface area contributed by atoms with Gasteiger partial charge in [0.15, 0.2) is 0 Å². The molecule has 7 aromatic rings. The molecule has 5 heteroatoms. The number of nitrogens with zero attached hydrogens (tertiary/aromatic N) is 3. The van der Waals surface area contributed by atoms with Crippen LogP contribution in [0.1, 0.15) is 46.6 Å². The van der Waals surface area contributed by atoms with Crippen LogP contribution in [0.5, 0.6) is 0 Å². The Morgan fingerprint density at radius 3 is 2.43 bits per heavy atom. The number of benzene rings is 6. The lowest BCUT2D eigenvalue weighted by Crippen LogP contribution is -2.59. The van der Waals surface area contributed by atoms with Gasteiger partial charge in [-0.2, -0.15) is 0 Å². The molecule has 2 aliphatic heterocycles. The molecule has 8 aliphatic rings. The van der Waals surface area contributed by atoms with Crippen molar-refractivity contribution >= 4 is 55.8 Å². The largest absolute Gasteiger partial charge is 0.354 e. The van der Waals surface area contributed by atoms with Gasteiger partial charge in [-0.25, -0.2) is 4.99 Å². The number of hydrogen-bond acceptors (Lipinski definition) is 4. The average Bonchev–Trinajstić information content (AvgIpc) is 3.94. The zero-order valence-corrected chi connectivity index (χ0v) is 38.8. The van der Waals surface area contributed by atoms with Crippen LogP contribution in [0.15, 0.2) is 246 Å². The maximum Gasteiger partial charge on any atom is 0.131 e. The van der Waals surface area contributed by atoms with E-state index in [4.69, 9.17) is 4.99 Å². The number of aromatic nitrogens is 1. The first-order valence-electron chi connectivity index (χ1n) is 25.2. The SMILES string of the molecule is C1=CC2C=C(C3N=C(c4ccccc4)NC(C4C=CC=C5C=C(N6C7=Cc8ccccc8CC7C7=C6CCC(n6c8ccccc8c8ccc9ccccc9c86)=C7)C=CC54)N3)c3ccccc3C2C=C1. The van der Waals surface area contributed by atoms with Gasteiger partial charge in [0.25, 0.3) is 0 Å². The summed E-state index contributed by atoms with van der Waals surface area (Å²) in [6.07, 6.45) is 33.7. The quantitative estimate of drug-likeness (QED) is 0.181. The normalized spacial score (nSPS) is 25.9. The Morgan fingerprint density at radius 1 is 0.643 bits per heavy atom. The summed E-state index contributed by atoms with van der Waals surface area (Å²) in [5.74, 6) is 2.15. The molecule has 0 saturated carbocycles. The first-order chi connectivity index (χ1) is 34.7. The van der Waals surface area contributed by atoms with Crippen molar-refractivity contribution in [2.24, 2.45) is 28.7 Å². The van der Waals surface area contributed by atoms with Gasteiger partial charge in [-0.05, 0) is 94.0 Å². The Hall–Kier alpha value is -7.99. The minimum Gasteiger partial charge on any atom is -0.354 e. The van der Waals surface area contributed by atoms with Crippen LogP contribution in [-0.2, 0) is 6.42 Å². The van der Waals surface area contributed by atoms with Gasteiger partial charge in [0.2, 0.25) is 0 Å². The minimum absolute atomic E-state index is 0.0715. The van der Waals surface area contributed by atoms with Crippen LogP contribution in [0.4, 0.5) is 0 Å². The molecule has 6 aliphatic carbocycles. The maximum absolute atomic E-state index is 5.47. The highest BCUT2D eigenvalue weighted by molar-refractivity contribution is 6.19. The highest BCUT2D eigenvalue weighted by atomic mass is 15.3. The van der Waals surface area contributed by atoms with E-state index in [-0.39, 0.29) is 30.1 Å². The Kier molecular flexibility index (Phi) is 9.00. The molecule has 15 rings (SSSR count). The highest BCUT2D eigenvalue weighted by Crippen LogP contribution is 2.52. The first-order valence-corrected chi connectivity index (χ1v) is 25.2. The fourth-order valence-electron chi connectivity index (χ4n) is 13.2. The van der Waals surface area contributed by atoms with Crippen LogP contribution in [-0.4, -0.2) is 27.6 Å². The maximum atomic E-state index is 5.47. The van der Waals surface area contributed by atoms with Crippen molar-refractivity contribution in [2.75, 3.05) is 0 Å². The van der Waals surface area contributed by atoms with Crippen molar-refractivity contribution in [3.8, 4) is 0 Å². The molecule has 0 saturated heterocycles. The fourth-order valence-corrected chi connectivity index (χ4v) is 13.2. The second-order valence-electron chi connectivity index (χ2n) is 20.1. The van der Waals surface area contributed by atoms with Gasteiger partial charge in [0.05, 0.1) is 17.2 Å². The zero-order chi connectivity index (χ0) is 45.9. The summed E-state index contributed by atoms with van der Waals surface area (Å²) in [6.45, 7) is 0. The van der Waals surface area contributed by atoms with Crippen molar-refractivity contribution in [2.45, 2.75) is 37.5 Å². The van der Waals surface area contributed by atoms with Gasteiger partial charge in [-0.3, -0.25) is 5.32 Å². The number of para-hydroxylation sites is 1. The zero-order valence-electron chi connectivity index (χ0n) is 38.8. The van der Waals surface area contributed by atoms with Crippen molar-refractivity contribution in [3.05, 3.63) is 268 Å². The Morgan fingerprint density at radius 2 is 1.47 bits per heavy atom. The summed E-state index contributed by atoms with van der Waals surface area (Å²) in [6, 6.07) is 51.1. The molecule has 1 aromatic heterocycles.